The molecular formula is C48H66BIN12O10S2. The Morgan fingerprint density at radius 1 is 0.689 bits per heavy atom. The predicted octanol–water partition coefficient (Wildman–Crippen LogP) is 4.84. The van der Waals surface area contributed by atoms with Crippen LogP contribution in [0, 0.1) is 41.2 Å². The zero-order valence-electron chi connectivity index (χ0n) is 43.2. The predicted molar refractivity (Wildman–Crippen MR) is 289 cm³/mol. The van der Waals surface area contributed by atoms with E-state index in [2.05, 4.69) is 68.1 Å². The number of nitrogens with one attached hydrogen (secondary N) is 2. The number of anilines is 2. The molecule has 2 saturated carbocycles. The third-order valence-electron chi connectivity index (χ3n) is 13.4. The third kappa shape index (κ3) is 12.7. The fraction of sp³-hybridized carbons (Fsp3) is 0.583. The number of imidazole rings is 2. The van der Waals surface area contributed by atoms with Crippen LogP contribution in [0.4, 0.5) is 19.9 Å². The number of halogens is 1. The van der Waals surface area contributed by atoms with Crippen molar-refractivity contribution in [1.82, 2.24) is 49.8 Å². The van der Waals surface area contributed by atoms with Crippen LogP contribution in [0.3, 0.4) is 0 Å². The first kappa shape index (κ1) is 55.1. The normalized spacial score (nSPS) is 23.5. The Morgan fingerprint density at radius 3 is 1.65 bits per heavy atom. The lowest BCUT2D eigenvalue weighted by Gasteiger charge is -2.37. The molecule has 6 N–H and O–H groups in total. The Bertz CT molecular complexity index is 2920. The number of aromatic nitrogens is 8. The Morgan fingerprint density at radius 2 is 1.16 bits per heavy atom. The zero-order chi connectivity index (χ0) is 53.4. The van der Waals surface area contributed by atoms with Gasteiger partial charge in [-0.3, -0.25) is 0 Å². The molecule has 0 aromatic carbocycles. The van der Waals surface area contributed by atoms with Gasteiger partial charge >= 0.3 is 19.3 Å². The SMILES string of the molecule is CC(C)(C)OC(=O)N[C@H]1[C@H]2CN(c3nn4c(I)cnc4s3)C[C@H]2CC[C@H]1O.COc1nc(C)ccc1-c1cnc2sc(N3C[C@H]4CC[C@@H](O)[C@@H](NC(=O)OC(C)(C)C)[C@H]4C3)nn12.COc1nc(C)ccc1B(O)O. The Balaban J connectivity index is 0.000000165. The number of alkyl carbamates (subject to hydrolysis) is 2. The van der Waals surface area contributed by atoms with Crippen LogP contribution in [-0.4, -0.2) is 155 Å². The van der Waals surface area contributed by atoms with Crippen LogP contribution in [0.5, 0.6) is 11.8 Å². The van der Waals surface area contributed by atoms with Gasteiger partial charge in [0.25, 0.3) is 0 Å². The molecule has 0 unspecified atom stereocenters. The topological polar surface area (TPSA) is 269 Å². The summed E-state index contributed by atoms with van der Waals surface area (Å²) in [5.74, 6) is 1.86. The number of nitrogens with zero attached hydrogens (tertiary/aromatic N) is 10. The highest BCUT2D eigenvalue weighted by Crippen LogP contribution is 2.42. The second kappa shape index (κ2) is 22.6. The summed E-state index contributed by atoms with van der Waals surface area (Å²) < 4.78 is 25.9. The summed E-state index contributed by atoms with van der Waals surface area (Å²) >= 11 is 5.32. The molecule has 8 heterocycles. The van der Waals surface area contributed by atoms with Gasteiger partial charge in [-0.15, -0.1) is 10.2 Å². The minimum Gasteiger partial charge on any atom is -0.481 e. The van der Waals surface area contributed by atoms with Crippen molar-refractivity contribution in [1.29, 1.82) is 0 Å². The molecule has 2 amide bonds. The molecule has 4 aliphatic rings. The van der Waals surface area contributed by atoms with E-state index in [-0.39, 0.29) is 35.3 Å². The van der Waals surface area contributed by atoms with Crippen molar-refractivity contribution >= 4 is 90.2 Å². The minimum absolute atomic E-state index is 0.114. The first-order valence-electron chi connectivity index (χ1n) is 24.6. The maximum absolute atomic E-state index is 12.4. The number of carbonyl (C=O) groups excluding carboxylic acids is 2. The number of ether oxygens (including phenoxy) is 4. The van der Waals surface area contributed by atoms with E-state index in [1.807, 2.05) is 75.8 Å². The number of hydrogen-bond acceptors (Lipinski definition) is 20. The Labute approximate surface area is 451 Å². The average molecular weight is 1170 g/mol. The van der Waals surface area contributed by atoms with Gasteiger partial charge < -0.3 is 59.6 Å². The van der Waals surface area contributed by atoms with Crippen molar-refractivity contribution in [2.45, 2.75) is 117 Å². The molecule has 0 radical (unpaired) electrons. The first-order valence-corrected chi connectivity index (χ1v) is 27.3. The number of hydrogen-bond donors (Lipinski definition) is 6. The lowest BCUT2D eigenvalue weighted by molar-refractivity contribution is 0.0184. The van der Waals surface area contributed by atoms with E-state index in [1.54, 1.807) is 43.7 Å². The molecule has 2 aliphatic heterocycles. The second-order valence-electron chi connectivity index (χ2n) is 21.1. The number of carbonyl (C=O) groups is 2. The standard InChI is InChI=1S/C24H32N6O4S.C17H24IN5O3S.C7H10BNO3/c1-13-6-8-15(20(26-13)33-5)17-10-25-21-30(17)28-22(35-21)29-11-14-7-9-18(31)19(16(14)12-29)27-23(32)34-24(2,3)4;1-17(2,3)26-16(25)20-13-10-8-22(7-9(10)4-5-11(13)24)15-21-23-12(18)6-19-14(23)27-15;1-5-3-4-6(8(10)11)7(9-5)12-2/h6,8,10,14,16,18-19,31H,7,9,11-12H2,1-5H3,(H,27,32);6,9-11,13,24H,4-5,7-8H2,1-3H3,(H,20,25);3-4,10-11H,1-2H3/t14-,16+,18-,19+;9-,10+,11-,13+;/m11./s1. The summed E-state index contributed by atoms with van der Waals surface area (Å²) in [6.07, 6.45) is 4.71. The smallest absolute Gasteiger partial charge is 0.481 e. The number of pyridine rings is 2. The second-order valence-corrected chi connectivity index (χ2v) is 24.1. The van der Waals surface area contributed by atoms with Gasteiger partial charge in [-0.1, -0.05) is 28.7 Å². The molecule has 10 rings (SSSR count). The van der Waals surface area contributed by atoms with E-state index < -0.39 is 42.7 Å². The molecule has 2 aliphatic carbocycles. The monoisotopic (exact) mass is 1170 g/mol. The highest BCUT2D eigenvalue weighted by Gasteiger charge is 2.47. The largest absolute Gasteiger partial charge is 0.494 e. The highest BCUT2D eigenvalue weighted by molar-refractivity contribution is 14.1. The number of aliphatic hydroxyl groups excluding tert-OH is 2. The lowest BCUT2D eigenvalue weighted by atomic mass is 9.76. The summed E-state index contributed by atoms with van der Waals surface area (Å²) in [6, 6.07) is 6.54. The fourth-order valence-corrected chi connectivity index (χ4v) is 12.5. The van der Waals surface area contributed by atoms with Crippen LogP contribution in [0.15, 0.2) is 36.7 Å². The maximum Gasteiger partial charge on any atom is 0.494 e. The van der Waals surface area contributed by atoms with Crippen molar-refractivity contribution in [3.8, 4) is 23.0 Å². The van der Waals surface area contributed by atoms with Crippen molar-refractivity contribution < 1.29 is 48.8 Å². The summed E-state index contributed by atoms with van der Waals surface area (Å²) in [4.78, 5) is 48.3. The van der Waals surface area contributed by atoms with Gasteiger partial charge in [-0.05, 0) is 134 Å². The van der Waals surface area contributed by atoms with Gasteiger partial charge in [0.05, 0.1) is 62.2 Å². The van der Waals surface area contributed by atoms with Crippen molar-refractivity contribution in [3.63, 3.8) is 0 Å². The van der Waals surface area contributed by atoms with Crippen LogP contribution in [0.1, 0.15) is 78.6 Å². The molecule has 6 aromatic heterocycles. The van der Waals surface area contributed by atoms with Gasteiger partial charge in [0, 0.05) is 54.9 Å². The number of rotatable bonds is 8. The fourth-order valence-electron chi connectivity index (χ4n) is 10.1. The van der Waals surface area contributed by atoms with E-state index in [0.29, 0.717) is 37.1 Å². The van der Waals surface area contributed by atoms with Gasteiger partial charge in [0.2, 0.25) is 31.9 Å². The third-order valence-corrected chi connectivity index (χ3v) is 16.1. The van der Waals surface area contributed by atoms with E-state index >= 15 is 0 Å². The molecule has 8 atom stereocenters. The number of methoxy groups -OCH3 is 2. The van der Waals surface area contributed by atoms with Crippen molar-refractivity contribution in [2.24, 2.45) is 23.7 Å². The lowest BCUT2D eigenvalue weighted by Crippen LogP contribution is -2.54. The number of fused-ring (bicyclic) bond motifs is 4. The quantitative estimate of drug-likeness (QED) is 0.0879. The zero-order valence-corrected chi connectivity index (χ0v) is 47.0. The van der Waals surface area contributed by atoms with E-state index in [4.69, 9.17) is 34.1 Å². The van der Waals surface area contributed by atoms with Crippen molar-refractivity contribution in [3.05, 3.63) is 51.7 Å². The molecule has 6 aromatic rings. The molecule has 0 spiro atoms. The van der Waals surface area contributed by atoms with Crippen LogP contribution in [0.2, 0.25) is 0 Å². The molecular weight excluding hydrogens is 1110 g/mol. The summed E-state index contributed by atoms with van der Waals surface area (Å²) in [5.41, 5.74) is 2.44. The average Bonchev–Trinajstić information content (AvgIpc) is 4.19. The molecule has 400 valence electrons. The maximum atomic E-state index is 12.4. The van der Waals surface area contributed by atoms with Gasteiger partial charge in [-0.25, -0.2) is 34.0 Å². The molecule has 74 heavy (non-hydrogen) atoms. The van der Waals surface area contributed by atoms with Crippen LogP contribution >= 0.6 is 45.3 Å². The van der Waals surface area contributed by atoms with Crippen LogP contribution < -0.4 is 35.4 Å². The first-order chi connectivity index (χ1) is 35.0. The van der Waals surface area contributed by atoms with E-state index in [0.717, 1.165) is 79.0 Å². The summed E-state index contributed by atoms with van der Waals surface area (Å²) in [6.45, 7) is 17.9. The molecule has 0 bridgehead atoms. The highest BCUT2D eigenvalue weighted by atomic mass is 127. The number of amides is 2. The number of aliphatic hydroxyl groups is 2. The molecule has 26 heteroatoms. The van der Waals surface area contributed by atoms with Gasteiger partial charge in [0.15, 0.2) is 0 Å². The van der Waals surface area contributed by atoms with Crippen LogP contribution in [-0.2, 0) is 9.47 Å². The summed E-state index contributed by atoms with van der Waals surface area (Å²) in [5, 5.41) is 56.2. The molecule has 2 saturated heterocycles. The minimum atomic E-state index is -1.53. The van der Waals surface area contributed by atoms with E-state index in [9.17, 15) is 19.8 Å². The summed E-state index contributed by atoms with van der Waals surface area (Å²) in [7, 11) is 1.51. The van der Waals surface area contributed by atoms with E-state index in [1.165, 1.54) is 18.4 Å². The Kier molecular flexibility index (Phi) is 16.8. The van der Waals surface area contributed by atoms with Crippen LogP contribution in [0.25, 0.3) is 21.2 Å². The van der Waals surface area contributed by atoms with Gasteiger partial charge in [-0.2, -0.15) is 4.52 Å². The molecule has 4 fully saturated rings. The molecule has 22 nitrogen and oxygen atoms in total. The number of aryl methyl sites for hydroxylation is 2. The van der Waals surface area contributed by atoms with Crippen molar-refractivity contribution in [2.75, 3.05) is 50.2 Å². The Hall–Kier alpha value is -5.13. The van der Waals surface area contributed by atoms with Gasteiger partial charge in [0.1, 0.15) is 14.9 Å².